The van der Waals surface area contributed by atoms with Crippen molar-refractivity contribution in [2.24, 2.45) is 5.14 Å². The van der Waals surface area contributed by atoms with E-state index < -0.39 is 27.1 Å². The van der Waals surface area contributed by atoms with Crippen LogP contribution < -0.4 is 40.0 Å². The van der Waals surface area contributed by atoms with E-state index in [9.17, 15) is 18.0 Å². The Bertz CT molecular complexity index is 637. The molecule has 0 aliphatic carbocycles. The number of nitrogens with two attached hydrogens (primary N) is 1. The SMILES string of the molecule is CC(=O)Nc1ccc(C(=O)C(C)Cl)cc1S(N)(=O)=O.[H-].[Na+]. The molecule has 0 spiro atoms. The molecule has 1 rings (SSSR count). The smallest absolute Gasteiger partial charge is 1.00 e. The predicted molar refractivity (Wildman–Crippen MR) is 72.9 cm³/mol. The Morgan fingerprint density at radius 3 is 2.35 bits per heavy atom. The topological polar surface area (TPSA) is 106 Å². The van der Waals surface area contributed by atoms with Crippen molar-refractivity contribution in [3.8, 4) is 0 Å². The van der Waals surface area contributed by atoms with Crippen LogP contribution in [0.1, 0.15) is 25.6 Å². The summed E-state index contributed by atoms with van der Waals surface area (Å²) in [5, 5.41) is 6.60. The van der Waals surface area contributed by atoms with Crippen LogP contribution >= 0.6 is 11.6 Å². The number of sulfonamides is 1. The monoisotopic (exact) mass is 328 g/mol. The quantitative estimate of drug-likeness (QED) is 0.387. The molecular formula is C11H14ClN2NaO4S. The largest absolute Gasteiger partial charge is 1.00 e. The van der Waals surface area contributed by atoms with Crippen molar-refractivity contribution in [3.05, 3.63) is 23.8 Å². The Balaban J connectivity index is 0. The van der Waals surface area contributed by atoms with Gasteiger partial charge >= 0.3 is 29.6 Å². The van der Waals surface area contributed by atoms with Gasteiger partial charge in [-0.15, -0.1) is 11.6 Å². The molecule has 20 heavy (non-hydrogen) atoms. The van der Waals surface area contributed by atoms with Crippen molar-refractivity contribution in [1.82, 2.24) is 0 Å². The van der Waals surface area contributed by atoms with Gasteiger partial charge in [-0.2, -0.15) is 0 Å². The molecule has 1 unspecified atom stereocenters. The number of rotatable bonds is 4. The van der Waals surface area contributed by atoms with E-state index >= 15 is 0 Å². The van der Waals surface area contributed by atoms with E-state index in [1.807, 2.05) is 0 Å². The van der Waals surface area contributed by atoms with Crippen molar-refractivity contribution in [1.29, 1.82) is 0 Å². The molecule has 0 radical (unpaired) electrons. The molecule has 3 N–H and O–H groups in total. The summed E-state index contributed by atoms with van der Waals surface area (Å²) in [6.45, 7) is 2.70. The maximum Gasteiger partial charge on any atom is 1.00 e. The number of nitrogens with one attached hydrogen (secondary N) is 1. The third-order valence-electron chi connectivity index (χ3n) is 2.24. The molecular weight excluding hydrogens is 315 g/mol. The summed E-state index contributed by atoms with van der Waals surface area (Å²) in [6, 6.07) is 3.77. The maximum absolute atomic E-state index is 11.7. The summed E-state index contributed by atoms with van der Waals surface area (Å²) in [5.74, 6) is -0.879. The van der Waals surface area contributed by atoms with Crippen molar-refractivity contribution >= 4 is 39.0 Å². The average molecular weight is 329 g/mol. The third-order valence-corrected chi connectivity index (χ3v) is 3.39. The van der Waals surface area contributed by atoms with E-state index in [1.54, 1.807) is 0 Å². The Labute approximate surface area is 145 Å². The van der Waals surface area contributed by atoms with Crippen LogP contribution in [0.25, 0.3) is 0 Å². The first-order valence-electron chi connectivity index (χ1n) is 5.25. The molecule has 9 heteroatoms. The number of carbonyl (C=O) groups is 2. The molecule has 0 heterocycles. The zero-order chi connectivity index (χ0) is 14.8. The van der Waals surface area contributed by atoms with Crippen LogP contribution in [0, 0.1) is 0 Å². The second kappa shape index (κ2) is 7.53. The molecule has 0 aliphatic heterocycles. The van der Waals surface area contributed by atoms with Gasteiger partial charge in [-0.25, -0.2) is 13.6 Å². The molecule has 0 bridgehead atoms. The van der Waals surface area contributed by atoms with E-state index in [4.69, 9.17) is 16.7 Å². The minimum Gasteiger partial charge on any atom is -1.00 e. The van der Waals surface area contributed by atoms with Crippen molar-refractivity contribution in [3.63, 3.8) is 0 Å². The summed E-state index contributed by atoms with van der Waals surface area (Å²) in [4.78, 5) is 22.4. The second-order valence-corrected chi connectivity index (χ2v) is 6.10. The number of primary sulfonamides is 1. The maximum atomic E-state index is 11.7. The summed E-state index contributed by atoms with van der Waals surface area (Å²) in [7, 11) is -4.07. The van der Waals surface area contributed by atoms with Gasteiger partial charge in [0, 0.05) is 12.5 Å². The fraction of sp³-hybridized carbons (Fsp3) is 0.273. The molecule has 1 aromatic carbocycles. The van der Waals surface area contributed by atoms with Gasteiger partial charge in [0.2, 0.25) is 15.9 Å². The van der Waals surface area contributed by atoms with Crippen molar-refractivity contribution < 1.29 is 49.0 Å². The van der Waals surface area contributed by atoms with Gasteiger partial charge in [0.15, 0.2) is 5.78 Å². The third kappa shape index (κ3) is 5.16. The number of benzene rings is 1. The van der Waals surface area contributed by atoms with Gasteiger partial charge < -0.3 is 6.74 Å². The molecule has 0 saturated carbocycles. The normalized spacial score (nSPS) is 12.2. The summed E-state index contributed by atoms with van der Waals surface area (Å²) in [5.41, 5.74) is 0.134. The van der Waals surface area contributed by atoms with E-state index in [0.29, 0.717) is 0 Å². The van der Waals surface area contributed by atoms with Gasteiger partial charge in [0.05, 0.1) is 11.1 Å². The molecule has 1 amide bonds. The van der Waals surface area contributed by atoms with Crippen LogP contribution in [0.5, 0.6) is 0 Å². The van der Waals surface area contributed by atoms with Crippen molar-refractivity contribution in [2.75, 3.05) is 5.32 Å². The first-order valence-corrected chi connectivity index (χ1v) is 7.24. The minimum absolute atomic E-state index is 0. The molecule has 0 aliphatic rings. The van der Waals surface area contributed by atoms with Crippen LogP contribution in [0.3, 0.4) is 0 Å². The van der Waals surface area contributed by atoms with Crippen molar-refractivity contribution in [2.45, 2.75) is 24.1 Å². The van der Waals surface area contributed by atoms with Crippen LogP contribution in [-0.2, 0) is 14.8 Å². The molecule has 106 valence electrons. The minimum atomic E-state index is -4.07. The standard InChI is InChI=1S/C11H13ClN2O4S.Na.H/c1-6(12)11(16)8-3-4-9(14-7(2)15)10(5-8)19(13,17)18;;/h3-6H,1-2H3,(H,14,15)(H2,13,17,18);;/q;+1;-1. The molecule has 0 saturated heterocycles. The molecule has 0 aromatic heterocycles. The number of alkyl halides is 1. The fourth-order valence-corrected chi connectivity index (χ4v) is 2.28. The first kappa shape index (κ1) is 19.6. The number of halogens is 1. The molecule has 1 aromatic rings. The van der Waals surface area contributed by atoms with Gasteiger partial charge in [-0.1, -0.05) is 0 Å². The Hall–Kier alpha value is -0.440. The van der Waals surface area contributed by atoms with Gasteiger partial charge in [0.25, 0.3) is 0 Å². The van der Waals surface area contributed by atoms with E-state index in [0.717, 1.165) is 6.07 Å². The van der Waals surface area contributed by atoms with Gasteiger partial charge in [0.1, 0.15) is 4.90 Å². The number of ketones is 1. The number of anilines is 1. The molecule has 1 atom stereocenters. The average Bonchev–Trinajstić information content (AvgIpc) is 2.26. The first-order chi connectivity index (χ1) is 8.62. The second-order valence-electron chi connectivity index (χ2n) is 3.92. The number of carbonyl (C=O) groups excluding carboxylic acids is 2. The number of Topliss-reactive ketones (excluding diaryl/α,β-unsaturated/α-hetero) is 1. The Kier molecular flexibility index (Phi) is 7.37. The van der Waals surface area contributed by atoms with Crippen LogP contribution in [0.2, 0.25) is 0 Å². The predicted octanol–water partition coefficient (Wildman–Crippen LogP) is -1.78. The summed E-state index contributed by atoms with van der Waals surface area (Å²) < 4.78 is 22.9. The summed E-state index contributed by atoms with van der Waals surface area (Å²) in [6.07, 6.45) is 0. The fourth-order valence-electron chi connectivity index (χ4n) is 1.43. The zero-order valence-corrected chi connectivity index (χ0v) is 14.9. The van der Waals surface area contributed by atoms with Gasteiger partial charge in [-0.05, 0) is 25.1 Å². The zero-order valence-electron chi connectivity index (χ0n) is 12.3. The van der Waals surface area contributed by atoms with E-state index in [2.05, 4.69) is 5.32 Å². The van der Waals surface area contributed by atoms with E-state index in [-0.39, 0.29) is 47.1 Å². The van der Waals surface area contributed by atoms with Gasteiger partial charge in [-0.3, -0.25) is 9.59 Å². The number of amides is 1. The summed E-state index contributed by atoms with van der Waals surface area (Å²) >= 11 is 5.65. The van der Waals surface area contributed by atoms with Crippen LogP contribution in [0.15, 0.2) is 23.1 Å². The molecule has 0 fully saturated rings. The van der Waals surface area contributed by atoms with E-state index in [1.165, 1.54) is 26.0 Å². The van der Waals surface area contributed by atoms with Crippen LogP contribution in [0.4, 0.5) is 5.69 Å². The Morgan fingerprint density at radius 1 is 1.40 bits per heavy atom. The Morgan fingerprint density at radius 2 is 1.95 bits per heavy atom. The number of hydrogen-bond acceptors (Lipinski definition) is 4. The molecule has 6 nitrogen and oxygen atoms in total. The van der Waals surface area contributed by atoms with Crippen LogP contribution in [-0.4, -0.2) is 25.5 Å². The number of hydrogen-bond donors (Lipinski definition) is 2.